The summed E-state index contributed by atoms with van der Waals surface area (Å²) in [5.74, 6) is 0.471. The molecule has 19 heavy (non-hydrogen) atoms. The van der Waals surface area contributed by atoms with E-state index in [1.165, 1.54) is 25.0 Å². The van der Waals surface area contributed by atoms with Gasteiger partial charge in [-0.05, 0) is 50.0 Å². The van der Waals surface area contributed by atoms with Gasteiger partial charge in [-0.3, -0.25) is 0 Å². The first-order valence-electron chi connectivity index (χ1n) is 6.85. The molecule has 0 aromatic heterocycles. The number of hydrogen-bond acceptors (Lipinski definition) is 3. The van der Waals surface area contributed by atoms with Crippen LogP contribution in [0.3, 0.4) is 0 Å². The lowest BCUT2D eigenvalue weighted by atomic mass is 9.99. The van der Waals surface area contributed by atoms with Gasteiger partial charge >= 0.3 is 0 Å². The lowest BCUT2D eigenvalue weighted by Crippen LogP contribution is -2.36. The average Bonchev–Trinajstić information content (AvgIpc) is 2.42. The second kappa shape index (κ2) is 6.53. The maximum Gasteiger partial charge on any atom is 0.124 e. The lowest BCUT2D eigenvalue weighted by Gasteiger charge is -2.30. The number of likely N-dealkylation sites (tertiary alicyclic amines) is 1. The van der Waals surface area contributed by atoms with Gasteiger partial charge in [-0.2, -0.15) is 5.26 Å². The van der Waals surface area contributed by atoms with Gasteiger partial charge in [-0.1, -0.05) is 6.92 Å². The van der Waals surface area contributed by atoms with Crippen LogP contribution >= 0.6 is 0 Å². The van der Waals surface area contributed by atoms with Gasteiger partial charge in [0.25, 0.3) is 0 Å². The molecule has 1 aliphatic heterocycles. The van der Waals surface area contributed by atoms with Gasteiger partial charge in [-0.25, -0.2) is 4.39 Å². The standard InChI is InChI=1S/C15H20FN3/c1-12-4-7-19(8-5-12)9-6-18-15-3-2-14(16)10-13(15)11-17/h2-3,10,12,18H,4-9H2,1H3. The van der Waals surface area contributed by atoms with E-state index < -0.39 is 0 Å². The van der Waals surface area contributed by atoms with Gasteiger partial charge in [0.15, 0.2) is 0 Å². The number of nitrogens with zero attached hydrogens (tertiary/aromatic N) is 2. The summed E-state index contributed by atoms with van der Waals surface area (Å²) in [5, 5.41) is 12.2. The van der Waals surface area contributed by atoms with Crippen LogP contribution in [-0.4, -0.2) is 31.1 Å². The molecule has 1 N–H and O–H groups in total. The molecule has 1 aromatic rings. The van der Waals surface area contributed by atoms with Crippen LogP contribution in [-0.2, 0) is 0 Å². The zero-order chi connectivity index (χ0) is 13.7. The first-order chi connectivity index (χ1) is 9.19. The van der Waals surface area contributed by atoms with Crippen molar-refractivity contribution in [1.29, 1.82) is 5.26 Å². The zero-order valence-corrected chi connectivity index (χ0v) is 11.3. The lowest BCUT2D eigenvalue weighted by molar-refractivity contribution is 0.199. The molecule has 0 aliphatic carbocycles. The third kappa shape index (κ3) is 3.93. The summed E-state index contributed by atoms with van der Waals surface area (Å²) in [6.07, 6.45) is 2.53. The summed E-state index contributed by atoms with van der Waals surface area (Å²) in [7, 11) is 0. The van der Waals surface area contributed by atoms with Crippen molar-refractivity contribution in [3.63, 3.8) is 0 Å². The Hall–Kier alpha value is -1.60. The van der Waals surface area contributed by atoms with Crippen molar-refractivity contribution in [1.82, 2.24) is 4.90 Å². The Morgan fingerprint density at radius 3 is 2.84 bits per heavy atom. The Balaban J connectivity index is 1.81. The Kier molecular flexibility index (Phi) is 4.75. The molecule has 0 saturated carbocycles. The second-order valence-corrected chi connectivity index (χ2v) is 5.25. The molecule has 1 fully saturated rings. The molecule has 1 aliphatic rings. The van der Waals surface area contributed by atoms with Crippen molar-refractivity contribution < 1.29 is 4.39 Å². The predicted octanol–water partition coefficient (Wildman–Crippen LogP) is 2.84. The van der Waals surface area contributed by atoms with Gasteiger partial charge in [0, 0.05) is 13.1 Å². The van der Waals surface area contributed by atoms with E-state index in [1.54, 1.807) is 6.07 Å². The summed E-state index contributed by atoms with van der Waals surface area (Å²) >= 11 is 0. The maximum atomic E-state index is 13.0. The number of nitriles is 1. The third-order valence-electron chi connectivity index (χ3n) is 3.72. The first-order valence-corrected chi connectivity index (χ1v) is 6.85. The molecule has 4 heteroatoms. The molecule has 0 unspecified atom stereocenters. The van der Waals surface area contributed by atoms with E-state index in [1.807, 2.05) is 6.07 Å². The quantitative estimate of drug-likeness (QED) is 0.906. The molecule has 0 spiro atoms. The highest BCUT2D eigenvalue weighted by Crippen LogP contribution is 2.17. The molecule has 3 nitrogen and oxygen atoms in total. The van der Waals surface area contributed by atoms with E-state index in [4.69, 9.17) is 5.26 Å². The SMILES string of the molecule is CC1CCN(CCNc2ccc(F)cc2C#N)CC1. The molecule has 0 atom stereocenters. The van der Waals surface area contributed by atoms with Crippen LogP contribution in [0.1, 0.15) is 25.3 Å². The number of rotatable bonds is 4. The second-order valence-electron chi connectivity index (χ2n) is 5.25. The van der Waals surface area contributed by atoms with E-state index >= 15 is 0 Å². The zero-order valence-electron chi connectivity index (χ0n) is 11.3. The Labute approximate surface area is 114 Å². The van der Waals surface area contributed by atoms with E-state index in [2.05, 4.69) is 17.1 Å². The van der Waals surface area contributed by atoms with Crippen molar-refractivity contribution in [2.75, 3.05) is 31.5 Å². The monoisotopic (exact) mass is 261 g/mol. The minimum atomic E-state index is -0.368. The van der Waals surface area contributed by atoms with Crippen LogP contribution < -0.4 is 5.32 Å². The third-order valence-corrected chi connectivity index (χ3v) is 3.72. The molecule has 0 radical (unpaired) electrons. The number of halogens is 1. The predicted molar refractivity (Wildman–Crippen MR) is 74.4 cm³/mol. The van der Waals surface area contributed by atoms with E-state index in [0.717, 1.165) is 32.1 Å². The molecule has 2 rings (SSSR count). The molecule has 0 amide bonds. The first kappa shape index (κ1) is 13.8. The summed E-state index contributed by atoms with van der Waals surface area (Å²) < 4.78 is 13.0. The van der Waals surface area contributed by atoms with Crippen molar-refractivity contribution in [2.24, 2.45) is 5.92 Å². The van der Waals surface area contributed by atoms with Crippen LogP contribution in [0, 0.1) is 23.1 Å². The summed E-state index contributed by atoms with van der Waals surface area (Å²) in [6, 6.07) is 6.30. The fourth-order valence-corrected chi connectivity index (χ4v) is 2.40. The van der Waals surface area contributed by atoms with Crippen molar-refractivity contribution in [2.45, 2.75) is 19.8 Å². The highest BCUT2D eigenvalue weighted by atomic mass is 19.1. The van der Waals surface area contributed by atoms with Gasteiger partial charge < -0.3 is 10.2 Å². The van der Waals surface area contributed by atoms with Crippen LogP contribution in [0.15, 0.2) is 18.2 Å². The van der Waals surface area contributed by atoms with E-state index in [0.29, 0.717) is 11.3 Å². The van der Waals surface area contributed by atoms with Gasteiger partial charge in [0.05, 0.1) is 11.3 Å². The largest absolute Gasteiger partial charge is 0.383 e. The molecule has 102 valence electrons. The van der Waals surface area contributed by atoms with Crippen LogP contribution in [0.4, 0.5) is 10.1 Å². The minimum Gasteiger partial charge on any atom is -0.383 e. The van der Waals surface area contributed by atoms with Crippen molar-refractivity contribution in [3.05, 3.63) is 29.6 Å². The molecular formula is C15H20FN3. The highest BCUT2D eigenvalue weighted by molar-refractivity contribution is 5.57. The normalized spacial score (nSPS) is 17.1. The van der Waals surface area contributed by atoms with E-state index in [-0.39, 0.29) is 5.82 Å². The van der Waals surface area contributed by atoms with Crippen LogP contribution in [0.2, 0.25) is 0 Å². The number of nitrogens with one attached hydrogen (secondary N) is 1. The summed E-state index contributed by atoms with van der Waals surface area (Å²) in [4.78, 5) is 2.43. The fourth-order valence-electron chi connectivity index (χ4n) is 2.40. The number of benzene rings is 1. The maximum absolute atomic E-state index is 13.0. The molecule has 0 bridgehead atoms. The summed E-state index contributed by atoms with van der Waals surface area (Å²) in [6.45, 7) is 6.35. The Morgan fingerprint density at radius 1 is 1.42 bits per heavy atom. The number of anilines is 1. The molecular weight excluding hydrogens is 241 g/mol. The Bertz CT molecular complexity index is 459. The van der Waals surface area contributed by atoms with Crippen molar-refractivity contribution >= 4 is 5.69 Å². The molecule has 1 heterocycles. The highest BCUT2D eigenvalue weighted by Gasteiger charge is 2.14. The van der Waals surface area contributed by atoms with Crippen molar-refractivity contribution in [3.8, 4) is 6.07 Å². The number of hydrogen-bond donors (Lipinski definition) is 1. The van der Waals surface area contributed by atoms with Gasteiger partial charge in [0.1, 0.15) is 11.9 Å². The topological polar surface area (TPSA) is 39.1 Å². The van der Waals surface area contributed by atoms with Crippen LogP contribution in [0.25, 0.3) is 0 Å². The van der Waals surface area contributed by atoms with E-state index in [9.17, 15) is 4.39 Å². The molecule has 1 saturated heterocycles. The Morgan fingerprint density at radius 2 is 2.16 bits per heavy atom. The number of piperidine rings is 1. The molecule has 1 aromatic carbocycles. The van der Waals surface area contributed by atoms with Gasteiger partial charge in [0.2, 0.25) is 0 Å². The smallest absolute Gasteiger partial charge is 0.124 e. The van der Waals surface area contributed by atoms with Crippen LogP contribution in [0.5, 0.6) is 0 Å². The van der Waals surface area contributed by atoms with Gasteiger partial charge in [-0.15, -0.1) is 0 Å². The minimum absolute atomic E-state index is 0.368. The fraction of sp³-hybridized carbons (Fsp3) is 0.533. The average molecular weight is 261 g/mol. The summed E-state index contributed by atoms with van der Waals surface area (Å²) in [5.41, 5.74) is 1.08.